The monoisotopic (exact) mass is 325 g/mol. The Labute approximate surface area is 123 Å². The van der Waals surface area contributed by atoms with Crippen LogP contribution in [0.3, 0.4) is 0 Å². The van der Waals surface area contributed by atoms with E-state index in [0.29, 0.717) is 11.3 Å². The maximum atomic E-state index is 8.78. The summed E-state index contributed by atoms with van der Waals surface area (Å²) in [4.78, 5) is 4.09. The number of aromatic nitrogens is 2. The van der Waals surface area contributed by atoms with E-state index in [-0.39, 0.29) is 0 Å². The Morgan fingerprint density at radius 1 is 1.05 bits per heavy atom. The van der Waals surface area contributed by atoms with Crippen molar-refractivity contribution in [1.29, 1.82) is 5.26 Å². The summed E-state index contributed by atoms with van der Waals surface area (Å²) >= 11 is 3.37. The summed E-state index contributed by atoms with van der Waals surface area (Å²) in [6, 6.07) is 13.1. The topological polar surface area (TPSA) is 62.7 Å². The summed E-state index contributed by atoms with van der Waals surface area (Å²) in [5, 5.41) is 12.8. The van der Waals surface area contributed by atoms with Crippen LogP contribution >= 0.6 is 15.9 Å². The molecule has 0 saturated carbocycles. The molecule has 2 heterocycles. The molecule has 0 aliphatic rings. The summed E-state index contributed by atoms with van der Waals surface area (Å²) < 4.78 is 6.22. The van der Waals surface area contributed by atoms with Crippen LogP contribution < -0.4 is 0 Å². The molecule has 0 aliphatic carbocycles. The van der Waals surface area contributed by atoms with Crippen molar-refractivity contribution in [2.24, 2.45) is 0 Å². The molecule has 0 fully saturated rings. The van der Waals surface area contributed by atoms with Gasteiger partial charge in [-0.15, -0.1) is 0 Å². The van der Waals surface area contributed by atoms with E-state index in [0.717, 1.165) is 21.3 Å². The van der Waals surface area contributed by atoms with Crippen LogP contribution in [0.2, 0.25) is 0 Å². The van der Waals surface area contributed by atoms with Gasteiger partial charge in [-0.25, -0.2) is 0 Å². The molecule has 0 N–H and O–H groups in total. The highest BCUT2D eigenvalue weighted by molar-refractivity contribution is 9.10. The van der Waals surface area contributed by atoms with Gasteiger partial charge in [0.25, 0.3) is 0 Å². The molecular weight excluding hydrogens is 318 g/mol. The van der Waals surface area contributed by atoms with E-state index < -0.39 is 0 Å². The fourth-order valence-corrected chi connectivity index (χ4v) is 2.17. The molecule has 0 atom stereocenters. The van der Waals surface area contributed by atoms with Crippen molar-refractivity contribution in [3.63, 3.8) is 0 Å². The minimum absolute atomic E-state index is 0.619. The van der Waals surface area contributed by atoms with Crippen molar-refractivity contribution < 1.29 is 4.52 Å². The first-order valence-electron chi connectivity index (χ1n) is 5.84. The molecule has 0 saturated heterocycles. The van der Waals surface area contributed by atoms with Gasteiger partial charge in [-0.1, -0.05) is 17.3 Å². The summed E-state index contributed by atoms with van der Waals surface area (Å²) in [7, 11) is 0. The highest BCUT2D eigenvalue weighted by atomic mass is 79.9. The Morgan fingerprint density at radius 3 is 2.55 bits per heavy atom. The zero-order valence-electron chi connectivity index (χ0n) is 10.2. The molecule has 0 aliphatic heterocycles. The van der Waals surface area contributed by atoms with Gasteiger partial charge in [-0.3, -0.25) is 4.98 Å². The highest BCUT2D eigenvalue weighted by Crippen LogP contribution is 2.27. The van der Waals surface area contributed by atoms with Crippen molar-refractivity contribution in [2.45, 2.75) is 0 Å². The first-order valence-corrected chi connectivity index (χ1v) is 6.64. The van der Waals surface area contributed by atoms with Gasteiger partial charge in [-0.05, 0) is 34.1 Å². The number of hydrogen-bond donors (Lipinski definition) is 0. The SMILES string of the molecule is N#Cc1ccc(-c2cc(-c3cncc(Br)c3)on2)cc1. The molecule has 3 aromatic rings. The largest absolute Gasteiger partial charge is 0.356 e. The van der Waals surface area contributed by atoms with E-state index in [2.05, 4.69) is 32.1 Å². The van der Waals surface area contributed by atoms with Crippen LogP contribution in [0.1, 0.15) is 5.56 Å². The number of nitriles is 1. The Morgan fingerprint density at radius 2 is 1.85 bits per heavy atom. The van der Waals surface area contributed by atoms with Gasteiger partial charge in [0.1, 0.15) is 5.69 Å². The van der Waals surface area contributed by atoms with Gasteiger partial charge >= 0.3 is 0 Å². The quantitative estimate of drug-likeness (QED) is 0.713. The van der Waals surface area contributed by atoms with Gasteiger partial charge in [0.15, 0.2) is 5.76 Å². The molecule has 0 bridgehead atoms. The van der Waals surface area contributed by atoms with Gasteiger partial charge in [0.2, 0.25) is 0 Å². The normalized spacial score (nSPS) is 10.2. The lowest BCUT2D eigenvalue weighted by Gasteiger charge is -1.95. The highest BCUT2D eigenvalue weighted by Gasteiger charge is 2.09. The average Bonchev–Trinajstić information content (AvgIpc) is 2.97. The zero-order valence-corrected chi connectivity index (χ0v) is 11.8. The molecule has 0 amide bonds. The van der Waals surface area contributed by atoms with Crippen molar-refractivity contribution in [3.05, 3.63) is 58.8 Å². The second-order valence-corrected chi connectivity index (χ2v) is 5.07. The van der Waals surface area contributed by atoms with Crippen LogP contribution in [-0.2, 0) is 0 Å². The van der Waals surface area contributed by atoms with E-state index in [4.69, 9.17) is 9.78 Å². The van der Waals surface area contributed by atoms with Crippen LogP contribution in [-0.4, -0.2) is 10.1 Å². The van der Waals surface area contributed by atoms with E-state index in [9.17, 15) is 0 Å². The molecule has 0 spiro atoms. The lowest BCUT2D eigenvalue weighted by molar-refractivity contribution is 0.435. The number of rotatable bonds is 2. The smallest absolute Gasteiger partial charge is 0.169 e. The molecule has 96 valence electrons. The van der Waals surface area contributed by atoms with Gasteiger partial charge < -0.3 is 4.52 Å². The van der Waals surface area contributed by atoms with E-state index in [1.165, 1.54) is 0 Å². The third kappa shape index (κ3) is 2.46. The first kappa shape index (κ1) is 12.6. The van der Waals surface area contributed by atoms with Crippen LogP contribution in [0.5, 0.6) is 0 Å². The Kier molecular flexibility index (Phi) is 3.32. The minimum Gasteiger partial charge on any atom is -0.356 e. The Hall–Kier alpha value is -2.45. The zero-order chi connectivity index (χ0) is 13.9. The molecular formula is C15H8BrN3O. The van der Waals surface area contributed by atoms with E-state index in [1.807, 2.05) is 24.3 Å². The average molecular weight is 326 g/mol. The minimum atomic E-state index is 0.619. The predicted octanol–water partition coefficient (Wildman–Crippen LogP) is 4.04. The van der Waals surface area contributed by atoms with E-state index in [1.54, 1.807) is 24.5 Å². The summed E-state index contributed by atoms with van der Waals surface area (Å²) in [5.74, 6) is 0.651. The molecule has 0 radical (unpaired) electrons. The van der Waals surface area contributed by atoms with Crippen LogP contribution in [0.15, 0.2) is 57.8 Å². The summed E-state index contributed by atoms with van der Waals surface area (Å²) in [5.41, 5.74) is 3.10. The van der Waals surface area contributed by atoms with Crippen LogP contribution in [0.4, 0.5) is 0 Å². The second kappa shape index (κ2) is 5.27. The number of hydrogen-bond acceptors (Lipinski definition) is 4. The summed E-state index contributed by atoms with van der Waals surface area (Å²) in [6.45, 7) is 0. The molecule has 1 aromatic carbocycles. The van der Waals surface area contributed by atoms with Crippen molar-refractivity contribution in [1.82, 2.24) is 10.1 Å². The predicted molar refractivity (Wildman–Crippen MR) is 77.6 cm³/mol. The number of benzene rings is 1. The second-order valence-electron chi connectivity index (χ2n) is 4.16. The van der Waals surface area contributed by atoms with Crippen molar-refractivity contribution in [2.75, 3.05) is 0 Å². The lowest BCUT2D eigenvalue weighted by atomic mass is 10.1. The third-order valence-electron chi connectivity index (χ3n) is 2.81. The van der Waals surface area contributed by atoms with Crippen LogP contribution in [0.25, 0.3) is 22.6 Å². The van der Waals surface area contributed by atoms with Crippen LogP contribution in [0, 0.1) is 11.3 Å². The lowest BCUT2D eigenvalue weighted by Crippen LogP contribution is -1.78. The maximum Gasteiger partial charge on any atom is 0.169 e. The summed E-state index contributed by atoms with van der Waals surface area (Å²) in [6.07, 6.45) is 3.43. The van der Waals surface area contributed by atoms with E-state index >= 15 is 0 Å². The van der Waals surface area contributed by atoms with Gasteiger partial charge in [-0.2, -0.15) is 5.26 Å². The van der Waals surface area contributed by atoms with Gasteiger partial charge in [0.05, 0.1) is 11.6 Å². The fourth-order valence-electron chi connectivity index (χ4n) is 1.81. The molecule has 2 aromatic heterocycles. The number of nitrogens with zero attached hydrogens (tertiary/aromatic N) is 3. The third-order valence-corrected chi connectivity index (χ3v) is 3.24. The molecule has 20 heavy (non-hydrogen) atoms. The standard InChI is InChI=1S/C15H8BrN3O/c16-13-5-12(8-18-9-13)15-6-14(19-20-15)11-3-1-10(7-17)2-4-11/h1-6,8-9H. The number of halogens is 1. The molecule has 4 nitrogen and oxygen atoms in total. The van der Waals surface area contributed by atoms with Crippen molar-refractivity contribution in [3.8, 4) is 28.7 Å². The van der Waals surface area contributed by atoms with Crippen molar-refractivity contribution >= 4 is 15.9 Å². The fraction of sp³-hybridized carbons (Fsp3) is 0. The molecule has 0 unspecified atom stereocenters. The maximum absolute atomic E-state index is 8.78. The Balaban J connectivity index is 1.95. The molecule has 5 heteroatoms. The Bertz CT molecular complexity index is 787. The van der Waals surface area contributed by atoms with Gasteiger partial charge in [0, 0.05) is 34.1 Å². The number of pyridine rings is 1. The molecule has 3 rings (SSSR count). The first-order chi connectivity index (χ1) is 9.76.